The number of aryl methyl sites for hydroxylation is 1. The Bertz CT molecular complexity index is 1380. The summed E-state index contributed by atoms with van der Waals surface area (Å²) in [5, 5.41) is 10.8. The van der Waals surface area contributed by atoms with Crippen LogP contribution in [-0.4, -0.2) is 38.9 Å². The lowest BCUT2D eigenvalue weighted by atomic mass is 10.0. The quantitative estimate of drug-likeness (QED) is 0.456. The van der Waals surface area contributed by atoms with Crippen LogP contribution in [0.1, 0.15) is 52.1 Å². The number of hydrogen-bond acceptors (Lipinski definition) is 6. The standard InChI is InChI=1S/C24H21BrClN5O4/c1-12-9-16-20(35-11-34-16)18(23(33)29-24(6-7-24)13-4-5-13)19(12)28-22(32)15-10-17(25)30-31(15)21-14(26)3-2-8-27-21/h2-3,8-10,13H,4-7,11H2,1H3,(H,28,32)(H,29,33). The Kier molecular flexibility index (Phi) is 5.26. The lowest BCUT2D eigenvalue weighted by Gasteiger charge is -2.20. The molecule has 0 atom stereocenters. The third kappa shape index (κ3) is 3.94. The highest BCUT2D eigenvalue weighted by atomic mass is 79.9. The fourth-order valence-corrected chi connectivity index (χ4v) is 5.21. The summed E-state index contributed by atoms with van der Waals surface area (Å²) < 4.78 is 13.0. The predicted molar refractivity (Wildman–Crippen MR) is 131 cm³/mol. The fraction of sp³-hybridized carbons (Fsp3) is 0.333. The summed E-state index contributed by atoms with van der Waals surface area (Å²) in [6, 6.07) is 6.68. The monoisotopic (exact) mass is 557 g/mol. The van der Waals surface area contributed by atoms with Crippen molar-refractivity contribution >= 4 is 45.0 Å². The summed E-state index contributed by atoms with van der Waals surface area (Å²) in [6.45, 7) is 1.82. The van der Waals surface area contributed by atoms with E-state index in [4.69, 9.17) is 21.1 Å². The molecule has 2 N–H and O–H groups in total. The summed E-state index contributed by atoms with van der Waals surface area (Å²) in [7, 11) is 0. The molecule has 3 aliphatic rings. The Morgan fingerprint density at radius 3 is 2.74 bits per heavy atom. The van der Waals surface area contributed by atoms with Crippen molar-refractivity contribution in [2.24, 2.45) is 5.92 Å². The Labute approximate surface area is 214 Å². The summed E-state index contributed by atoms with van der Waals surface area (Å²) in [5.41, 5.74) is 1.34. The summed E-state index contributed by atoms with van der Waals surface area (Å²) >= 11 is 9.63. The molecular formula is C24H21BrClN5O4. The van der Waals surface area contributed by atoms with E-state index in [0.29, 0.717) is 44.1 Å². The number of nitrogens with zero attached hydrogens (tertiary/aromatic N) is 3. The number of aromatic nitrogens is 3. The van der Waals surface area contributed by atoms with E-state index >= 15 is 0 Å². The van der Waals surface area contributed by atoms with Crippen LogP contribution in [0, 0.1) is 12.8 Å². The molecule has 2 aliphatic carbocycles. The van der Waals surface area contributed by atoms with Gasteiger partial charge >= 0.3 is 0 Å². The first-order valence-electron chi connectivity index (χ1n) is 11.3. The van der Waals surface area contributed by atoms with E-state index in [1.807, 2.05) is 6.92 Å². The molecule has 0 unspecified atom stereocenters. The molecule has 0 bridgehead atoms. The number of amides is 2. The van der Waals surface area contributed by atoms with E-state index in [1.54, 1.807) is 30.5 Å². The molecule has 35 heavy (non-hydrogen) atoms. The number of anilines is 1. The van der Waals surface area contributed by atoms with Gasteiger partial charge in [0.25, 0.3) is 11.8 Å². The molecular weight excluding hydrogens is 538 g/mol. The lowest BCUT2D eigenvalue weighted by molar-refractivity contribution is 0.0922. The van der Waals surface area contributed by atoms with Crippen LogP contribution in [0.5, 0.6) is 11.5 Å². The maximum atomic E-state index is 13.6. The van der Waals surface area contributed by atoms with E-state index in [0.717, 1.165) is 25.7 Å². The Morgan fingerprint density at radius 2 is 2.03 bits per heavy atom. The summed E-state index contributed by atoms with van der Waals surface area (Å²) in [4.78, 5) is 31.3. The highest BCUT2D eigenvalue weighted by molar-refractivity contribution is 9.10. The molecule has 3 heterocycles. The molecule has 2 fully saturated rings. The molecule has 0 radical (unpaired) electrons. The van der Waals surface area contributed by atoms with E-state index < -0.39 is 5.91 Å². The second kappa shape index (κ2) is 8.23. The zero-order valence-corrected chi connectivity index (χ0v) is 21.1. The average molecular weight is 559 g/mol. The summed E-state index contributed by atoms with van der Waals surface area (Å²) in [6.07, 6.45) is 5.76. The van der Waals surface area contributed by atoms with Crippen LogP contribution in [0.25, 0.3) is 5.82 Å². The first kappa shape index (κ1) is 22.4. The lowest BCUT2D eigenvalue weighted by Crippen LogP contribution is -2.39. The second-order valence-corrected chi connectivity index (χ2v) is 10.3. The van der Waals surface area contributed by atoms with Crippen LogP contribution < -0.4 is 20.1 Å². The van der Waals surface area contributed by atoms with Gasteiger partial charge in [0.2, 0.25) is 6.79 Å². The number of benzene rings is 1. The predicted octanol–water partition coefficient (Wildman–Crippen LogP) is 4.65. The van der Waals surface area contributed by atoms with Crippen molar-refractivity contribution in [3.63, 3.8) is 0 Å². The zero-order chi connectivity index (χ0) is 24.3. The number of pyridine rings is 1. The molecule has 6 rings (SSSR count). The maximum absolute atomic E-state index is 13.6. The van der Waals surface area contributed by atoms with Gasteiger partial charge in [0.05, 0.1) is 10.7 Å². The number of carbonyl (C=O) groups is 2. The van der Waals surface area contributed by atoms with Crippen molar-refractivity contribution in [3.05, 3.63) is 56.9 Å². The van der Waals surface area contributed by atoms with Gasteiger partial charge in [-0.1, -0.05) is 11.6 Å². The van der Waals surface area contributed by atoms with Crippen LogP contribution >= 0.6 is 27.5 Å². The summed E-state index contributed by atoms with van der Waals surface area (Å²) in [5.74, 6) is 0.883. The van der Waals surface area contributed by atoms with Gasteiger partial charge in [-0.15, -0.1) is 0 Å². The van der Waals surface area contributed by atoms with Crippen molar-refractivity contribution in [2.45, 2.75) is 38.1 Å². The minimum Gasteiger partial charge on any atom is -0.454 e. The molecule has 11 heteroatoms. The highest BCUT2D eigenvalue weighted by Crippen LogP contribution is 2.54. The maximum Gasteiger partial charge on any atom is 0.274 e. The number of hydrogen-bond donors (Lipinski definition) is 2. The van der Waals surface area contributed by atoms with Crippen molar-refractivity contribution in [2.75, 3.05) is 12.1 Å². The molecule has 180 valence electrons. The molecule has 0 saturated heterocycles. The number of nitrogens with one attached hydrogen (secondary N) is 2. The van der Waals surface area contributed by atoms with E-state index in [9.17, 15) is 9.59 Å². The normalized spacial score (nSPS) is 17.2. The molecule has 0 spiro atoms. The largest absolute Gasteiger partial charge is 0.454 e. The molecule has 1 aliphatic heterocycles. The topological polar surface area (TPSA) is 107 Å². The van der Waals surface area contributed by atoms with Crippen LogP contribution in [0.3, 0.4) is 0 Å². The third-order valence-corrected chi connectivity index (χ3v) is 7.37. The molecule has 1 aromatic carbocycles. The minimum absolute atomic E-state index is 0.0120. The van der Waals surface area contributed by atoms with Crippen molar-refractivity contribution in [1.29, 1.82) is 0 Å². The Morgan fingerprint density at radius 1 is 1.23 bits per heavy atom. The first-order chi connectivity index (χ1) is 16.9. The fourth-order valence-electron chi connectivity index (χ4n) is 4.63. The van der Waals surface area contributed by atoms with Crippen LogP contribution in [-0.2, 0) is 0 Å². The molecule has 2 amide bonds. The van der Waals surface area contributed by atoms with Gasteiger partial charge in [-0.05, 0) is 78.2 Å². The van der Waals surface area contributed by atoms with Crippen LogP contribution in [0.4, 0.5) is 5.69 Å². The van der Waals surface area contributed by atoms with E-state index in [2.05, 4.69) is 36.6 Å². The molecule has 9 nitrogen and oxygen atoms in total. The van der Waals surface area contributed by atoms with Crippen molar-refractivity contribution in [1.82, 2.24) is 20.1 Å². The second-order valence-electron chi connectivity index (χ2n) is 9.09. The van der Waals surface area contributed by atoms with Gasteiger partial charge in [-0.2, -0.15) is 5.10 Å². The zero-order valence-electron chi connectivity index (χ0n) is 18.7. The number of halogens is 2. The van der Waals surface area contributed by atoms with Crippen molar-refractivity contribution < 1.29 is 19.1 Å². The van der Waals surface area contributed by atoms with E-state index in [1.165, 1.54) is 4.68 Å². The Balaban J connectivity index is 1.38. The van der Waals surface area contributed by atoms with Gasteiger partial charge in [-0.25, -0.2) is 9.67 Å². The van der Waals surface area contributed by atoms with Gasteiger partial charge in [-0.3, -0.25) is 9.59 Å². The van der Waals surface area contributed by atoms with Crippen LogP contribution in [0.2, 0.25) is 5.02 Å². The van der Waals surface area contributed by atoms with E-state index in [-0.39, 0.29) is 29.5 Å². The average Bonchev–Trinajstić information content (AvgIpc) is 3.73. The Hall–Kier alpha value is -3.11. The molecule has 2 aromatic heterocycles. The van der Waals surface area contributed by atoms with Crippen LogP contribution in [0.15, 0.2) is 35.1 Å². The number of fused-ring (bicyclic) bond motifs is 1. The van der Waals surface area contributed by atoms with Crippen molar-refractivity contribution in [3.8, 4) is 17.3 Å². The van der Waals surface area contributed by atoms with Gasteiger partial charge in [0, 0.05) is 17.8 Å². The molecule has 3 aromatic rings. The highest BCUT2D eigenvalue weighted by Gasteiger charge is 2.55. The smallest absolute Gasteiger partial charge is 0.274 e. The molecule has 2 saturated carbocycles. The van der Waals surface area contributed by atoms with Gasteiger partial charge < -0.3 is 20.1 Å². The third-order valence-electron chi connectivity index (χ3n) is 6.69. The number of carbonyl (C=O) groups excluding carboxylic acids is 2. The first-order valence-corrected chi connectivity index (χ1v) is 12.5. The van der Waals surface area contributed by atoms with Gasteiger partial charge in [0.15, 0.2) is 17.3 Å². The number of ether oxygens (including phenoxy) is 2. The SMILES string of the molecule is Cc1cc2c(c(C(=O)NC3(C4CC4)CC3)c1NC(=O)c1cc(Br)nn1-c1ncccc1Cl)OCO2. The van der Waals surface area contributed by atoms with Gasteiger partial charge in [0.1, 0.15) is 15.9 Å². The number of rotatable bonds is 6. The minimum atomic E-state index is -0.482.